The van der Waals surface area contributed by atoms with Crippen LogP contribution >= 0.6 is 24.0 Å². The number of piperazine rings is 1. The van der Waals surface area contributed by atoms with Crippen LogP contribution in [0.2, 0.25) is 5.02 Å². The summed E-state index contributed by atoms with van der Waals surface area (Å²) in [4.78, 5) is 18.0. The molecule has 2 aromatic carbocycles. The molecule has 3 aliphatic rings. The van der Waals surface area contributed by atoms with Gasteiger partial charge in [-0.05, 0) is 61.9 Å². The minimum Gasteiger partial charge on any atom is -0.478 e. The standard InChI is InChI=1S/C30H32ClF4N5O2.ClH/c31-20-5-7-24(23-8-6-21(15-26(23)32)38-12-10-37(11-13-38)17-19-3-4-19)27(14-20)39-9-1-2-22(18-39)40-28(30(33,34)35)25(16-36-40)29(41)42;/h5-8,14-16,19,22H,1-4,9-13,17-18H2,(H,41,42);1H. The molecule has 3 aromatic rings. The summed E-state index contributed by atoms with van der Waals surface area (Å²) < 4.78 is 58.2. The molecule has 6 rings (SSSR count). The highest BCUT2D eigenvalue weighted by Crippen LogP contribution is 2.40. The molecule has 0 amide bonds. The minimum absolute atomic E-state index is 0. The molecule has 1 atom stereocenters. The van der Waals surface area contributed by atoms with Crippen molar-refractivity contribution in [1.29, 1.82) is 0 Å². The van der Waals surface area contributed by atoms with E-state index < -0.39 is 29.4 Å². The van der Waals surface area contributed by atoms with Crippen molar-refractivity contribution in [1.82, 2.24) is 14.7 Å². The molecule has 2 saturated heterocycles. The van der Waals surface area contributed by atoms with Gasteiger partial charge in [0.2, 0.25) is 0 Å². The average Bonchev–Trinajstić information content (AvgIpc) is 3.65. The van der Waals surface area contributed by atoms with Gasteiger partial charge < -0.3 is 14.9 Å². The van der Waals surface area contributed by atoms with Crippen molar-refractivity contribution in [3.63, 3.8) is 0 Å². The Morgan fingerprint density at radius 2 is 1.70 bits per heavy atom. The van der Waals surface area contributed by atoms with Crippen LogP contribution in [0.25, 0.3) is 11.1 Å². The normalized spacial score (nSPS) is 19.8. The highest BCUT2D eigenvalue weighted by molar-refractivity contribution is 6.31. The van der Waals surface area contributed by atoms with Crippen LogP contribution in [0.5, 0.6) is 0 Å². The Morgan fingerprint density at radius 1 is 0.977 bits per heavy atom. The molecule has 0 spiro atoms. The molecule has 13 heteroatoms. The number of hydrogen-bond donors (Lipinski definition) is 1. The van der Waals surface area contributed by atoms with Gasteiger partial charge in [0.1, 0.15) is 11.4 Å². The lowest BCUT2D eigenvalue weighted by molar-refractivity contribution is -0.145. The van der Waals surface area contributed by atoms with E-state index in [0.717, 1.165) is 55.2 Å². The van der Waals surface area contributed by atoms with E-state index in [0.29, 0.717) is 41.2 Å². The van der Waals surface area contributed by atoms with Crippen molar-refractivity contribution in [2.24, 2.45) is 5.92 Å². The Hall–Kier alpha value is -3.02. The fourth-order valence-electron chi connectivity index (χ4n) is 6.22. The zero-order valence-electron chi connectivity index (χ0n) is 23.4. The molecule has 232 valence electrons. The van der Waals surface area contributed by atoms with Gasteiger partial charge in [-0.1, -0.05) is 17.7 Å². The summed E-state index contributed by atoms with van der Waals surface area (Å²) in [5.41, 5.74) is 0.233. The number of benzene rings is 2. The Bertz CT molecular complexity index is 1470. The predicted molar refractivity (Wildman–Crippen MR) is 160 cm³/mol. The van der Waals surface area contributed by atoms with Crippen molar-refractivity contribution < 1.29 is 27.5 Å². The van der Waals surface area contributed by atoms with Crippen LogP contribution < -0.4 is 9.80 Å². The van der Waals surface area contributed by atoms with Gasteiger partial charge in [-0.2, -0.15) is 18.3 Å². The molecule has 1 N–H and O–H groups in total. The molecule has 0 bridgehead atoms. The summed E-state index contributed by atoms with van der Waals surface area (Å²) in [5.74, 6) is -1.23. The van der Waals surface area contributed by atoms with Crippen LogP contribution in [0.1, 0.15) is 47.8 Å². The second-order valence-electron chi connectivity index (χ2n) is 11.5. The highest BCUT2D eigenvalue weighted by atomic mass is 35.5. The van der Waals surface area contributed by atoms with Crippen LogP contribution in [0.4, 0.5) is 28.9 Å². The van der Waals surface area contributed by atoms with Crippen LogP contribution in [0.15, 0.2) is 42.6 Å². The maximum Gasteiger partial charge on any atom is 0.433 e. The number of carboxylic acid groups (broad SMARTS) is 1. The largest absolute Gasteiger partial charge is 0.478 e. The number of halogens is 6. The van der Waals surface area contributed by atoms with E-state index in [1.54, 1.807) is 30.3 Å². The Morgan fingerprint density at radius 3 is 2.35 bits per heavy atom. The summed E-state index contributed by atoms with van der Waals surface area (Å²) in [6.07, 6.45) is -0.582. The van der Waals surface area contributed by atoms with E-state index in [1.807, 2.05) is 11.0 Å². The Kier molecular flexibility index (Phi) is 9.15. The SMILES string of the molecule is Cl.O=C(O)c1cnn(C2CCCN(c3cc(Cl)ccc3-c3ccc(N4CCN(CC5CC5)CC4)cc3F)C2)c1C(F)(F)F. The van der Waals surface area contributed by atoms with E-state index in [4.69, 9.17) is 11.6 Å². The summed E-state index contributed by atoms with van der Waals surface area (Å²) in [5, 5.41) is 13.6. The lowest BCUT2D eigenvalue weighted by Crippen LogP contribution is -2.47. The molecule has 1 unspecified atom stereocenters. The number of piperidine rings is 1. The number of carbonyl (C=O) groups is 1. The molecule has 1 aliphatic carbocycles. The molecule has 3 fully saturated rings. The molecule has 0 radical (unpaired) electrons. The second kappa shape index (κ2) is 12.5. The third-order valence-electron chi connectivity index (χ3n) is 8.53. The smallest absolute Gasteiger partial charge is 0.433 e. The first-order chi connectivity index (χ1) is 20.1. The lowest BCUT2D eigenvalue weighted by Gasteiger charge is -2.37. The van der Waals surface area contributed by atoms with Crippen molar-refractivity contribution in [2.45, 2.75) is 37.9 Å². The fraction of sp³-hybridized carbons (Fsp3) is 0.467. The summed E-state index contributed by atoms with van der Waals surface area (Å²) in [6.45, 7) is 5.38. The number of rotatable bonds is 7. The highest BCUT2D eigenvalue weighted by Gasteiger charge is 2.42. The van der Waals surface area contributed by atoms with Gasteiger partial charge in [-0.25, -0.2) is 9.18 Å². The van der Waals surface area contributed by atoms with Crippen molar-refractivity contribution in [3.05, 3.63) is 64.7 Å². The number of aromatic carboxylic acids is 1. The van der Waals surface area contributed by atoms with E-state index in [9.17, 15) is 23.1 Å². The Balaban J connectivity index is 0.00000368. The molecule has 3 heterocycles. The van der Waals surface area contributed by atoms with Crippen molar-refractivity contribution in [2.75, 3.05) is 55.6 Å². The average molecular weight is 643 g/mol. The van der Waals surface area contributed by atoms with E-state index >= 15 is 4.39 Å². The Labute approximate surface area is 258 Å². The van der Waals surface area contributed by atoms with Gasteiger partial charge in [0, 0.05) is 73.3 Å². The number of nitrogens with zero attached hydrogens (tertiary/aromatic N) is 5. The zero-order chi connectivity index (χ0) is 29.6. The number of anilines is 2. The van der Waals surface area contributed by atoms with Gasteiger partial charge in [0.05, 0.1) is 12.2 Å². The molecular weight excluding hydrogens is 609 g/mol. The number of aromatic nitrogens is 2. The number of carboxylic acids is 1. The van der Waals surface area contributed by atoms with E-state index in [-0.39, 0.29) is 24.8 Å². The first-order valence-corrected chi connectivity index (χ1v) is 14.7. The van der Waals surface area contributed by atoms with Crippen molar-refractivity contribution >= 4 is 41.4 Å². The summed E-state index contributed by atoms with van der Waals surface area (Å²) in [7, 11) is 0. The van der Waals surface area contributed by atoms with E-state index in [2.05, 4.69) is 14.9 Å². The second-order valence-corrected chi connectivity index (χ2v) is 11.9. The van der Waals surface area contributed by atoms with Gasteiger partial charge in [0.15, 0.2) is 5.69 Å². The van der Waals surface area contributed by atoms with Crippen LogP contribution in [-0.4, -0.2) is 71.6 Å². The quantitative estimate of drug-likeness (QED) is 0.285. The first kappa shape index (κ1) is 31.4. The van der Waals surface area contributed by atoms with Gasteiger partial charge >= 0.3 is 12.1 Å². The van der Waals surface area contributed by atoms with Crippen LogP contribution in [-0.2, 0) is 6.18 Å². The lowest BCUT2D eigenvalue weighted by atomic mass is 9.98. The van der Waals surface area contributed by atoms with Gasteiger partial charge in [-0.15, -0.1) is 12.4 Å². The maximum absolute atomic E-state index is 15.7. The molecule has 1 aromatic heterocycles. The summed E-state index contributed by atoms with van der Waals surface area (Å²) in [6, 6.07) is 9.58. The van der Waals surface area contributed by atoms with Crippen LogP contribution in [0.3, 0.4) is 0 Å². The summed E-state index contributed by atoms with van der Waals surface area (Å²) >= 11 is 6.35. The molecular formula is C30H33Cl2F4N5O2. The van der Waals surface area contributed by atoms with E-state index in [1.165, 1.54) is 12.8 Å². The third-order valence-corrected chi connectivity index (χ3v) is 8.77. The minimum atomic E-state index is -4.89. The monoisotopic (exact) mass is 641 g/mol. The maximum atomic E-state index is 15.7. The predicted octanol–water partition coefficient (Wildman–Crippen LogP) is 6.85. The molecule has 43 heavy (non-hydrogen) atoms. The van der Waals surface area contributed by atoms with Crippen molar-refractivity contribution in [3.8, 4) is 11.1 Å². The molecule has 2 aliphatic heterocycles. The number of hydrogen-bond acceptors (Lipinski definition) is 5. The zero-order valence-corrected chi connectivity index (χ0v) is 24.9. The third kappa shape index (κ3) is 6.73. The van der Waals surface area contributed by atoms with Gasteiger partial charge in [-0.3, -0.25) is 9.58 Å². The van der Waals surface area contributed by atoms with Gasteiger partial charge in [0.25, 0.3) is 0 Å². The first-order valence-electron chi connectivity index (χ1n) is 14.3. The topological polar surface area (TPSA) is 64.8 Å². The van der Waals surface area contributed by atoms with Crippen LogP contribution in [0, 0.1) is 11.7 Å². The fourth-order valence-corrected chi connectivity index (χ4v) is 6.39. The molecule has 1 saturated carbocycles. The number of alkyl halides is 3. The molecule has 7 nitrogen and oxygen atoms in total.